The van der Waals surface area contributed by atoms with Crippen LogP contribution >= 0.6 is 11.6 Å². The number of fused-ring (bicyclic) bond motifs is 3. The molecule has 0 saturated heterocycles. The van der Waals surface area contributed by atoms with E-state index in [1.54, 1.807) is 23.1 Å². The number of rotatable bonds is 5. The molecule has 8 nitrogen and oxygen atoms in total. The zero-order valence-corrected chi connectivity index (χ0v) is 22.4. The highest BCUT2D eigenvalue weighted by atomic mass is 35.5. The van der Waals surface area contributed by atoms with Crippen LogP contribution in [0.5, 0.6) is 0 Å². The molecule has 6 rings (SSSR count). The van der Waals surface area contributed by atoms with Crippen LogP contribution in [0.25, 0.3) is 16.6 Å². The first-order chi connectivity index (χ1) is 18.9. The van der Waals surface area contributed by atoms with Crippen LogP contribution in [0, 0.1) is 13.8 Å². The Kier molecular flexibility index (Phi) is 6.19. The van der Waals surface area contributed by atoms with Gasteiger partial charge in [0.2, 0.25) is 0 Å². The van der Waals surface area contributed by atoms with Crippen molar-refractivity contribution in [3.8, 4) is 5.69 Å². The van der Waals surface area contributed by atoms with Gasteiger partial charge >= 0.3 is 0 Å². The standard InChI is InChI=1S/C30H27ClN6O2/c1-19-8-11-27-24(14-19)25(16-33-39)28-12-13-30(17-36(27)28,21-6-4-3-5-7-21)34-29(38)23-10-9-22(15-26(23)31)37-18-32-20(2)35-37/h3-11,14-16,18,39H,12-13,17H2,1-2H3,(H,34,38)/t30-/m1/s1. The van der Waals surface area contributed by atoms with Crippen LogP contribution in [0.4, 0.5) is 0 Å². The summed E-state index contributed by atoms with van der Waals surface area (Å²) in [6.07, 6.45) is 4.48. The first kappa shape index (κ1) is 24.9. The molecular weight excluding hydrogens is 512 g/mol. The first-order valence-electron chi connectivity index (χ1n) is 12.7. The minimum atomic E-state index is -0.680. The Balaban J connectivity index is 1.41. The van der Waals surface area contributed by atoms with Crippen molar-refractivity contribution in [2.45, 2.75) is 38.8 Å². The van der Waals surface area contributed by atoms with E-state index in [1.807, 2.05) is 38.1 Å². The summed E-state index contributed by atoms with van der Waals surface area (Å²) in [6, 6.07) is 21.6. The van der Waals surface area contributed by atoms with Crippen LogP contribution in [0.1, 0.15) is 45.0 Å². The van der Waals surface area contributed by atoms with E-state index < -0.39 is 5.54 Å². The number of aryl methyl sites for hydroxylation is 2. The van der Waals surface area contributed by atoms with Gasteiger partial charge in [-0.05, 0) is 62.6 Å². The van der Waals surface area contributed by atoms with E-state index in [4.69, 9.17) is 11.6 Å². The second kappa shape index (κ2) is 9.71. The summed E-state index contributed by atoms with van der Waals surface area (Å²) < 4.78 is 3.86. The molecule has 1 aliphatic heterocycles. The summed E-state index contributed by atoms with van der Waals surface area (Å²) in [6.45, 7) is 4.38. The number of aromatic nitrogens is 4. The van der Waals surface area contributed by atoms with E-state index in [2.05, 4.69) is 55.5 Å². The monoisotopic (exact) mass is 538 g/mol. The van der Waals surface area contributed by atoms with Crippen LogP contribution in [-0.4, -0.2) is 36.7 Å². The Morgan fingerprint density at radius 3 is 2.67 bits per heavy atom. The predicted molar refractivity (Wildman–Crippen MR) is 151 cm³/mol. The molecule has 5 aromatic rings. The van der Waals surface area contributed by atoms with Crippen LogP contribution < -0.4 is 5.32 Å². The third-order valence-electron chi connectivity index (χ3n) is 7.52. The number of nitrogens with one attached hydrogen (secondary N) is 1. The van der Waals surface area contributed by atoms with Crippen LogP contribution in [-0.2, 0) is 18.5 Å². The molecular formula is C30H27ClN6O2. The van der Waals surface area contributed by atoms with Gasteiger partial charge < -0.3 is 15.1 Å². The SMILES string of the molecule is Cc1ccc2c(c1)c(C=NO)c1n2C[C@@](NC(=O)c2ccc(-n3cnc(C)n3)cc2Cl)(c2ccccc2)CC1. The van der Waals surface area contributed by atoms with E-state index >= 15 is 0 Å². The Morgan fingerprint density at radius 1 is 1.13 bits per heavy atom. The van der Waals surface area contributed by atoms with Crippen molar-refractivity contribution in [3.63, 3.8) is 0 Å². The van der Waals surface area contributed by atoms with Gasteiger partial charge in [-0.3, -0.25) is 4.79 Å². The maximum Gasteiger partial charge on any atom is 0.253 e. The molecule has 39 heavy (non-hydrogen) atoms. The summed E-state index contributed by atoms with van der Waals surface area (Å²) in [5, 5.41) is 21.8. The zero-order chi connectivity index (χ0) is 27.1. The van der Waals surface area contributed by atoms with Gasteiger partial charge in [-0.2, -0.15) is 5.10 Å². The van der Waals surface area contributed by atoms with Crippen molar-refractivity contribution in [3.05, 3.63) is 112 Å². The summed E-state index contributed by atoms with van der Waals surface area (Å²) in [4.78, 5) is 18.0. The van der Waals surface area contributed by atoms with Crippen molar-refractivity contribution in [2.24, 2.45) is 5.16 Å². The fraction of sp³-hybridized carbons (Fsp3) is 0.200. The molecule has 0 bridgehead atoms. The van der Waals surface area contributed by atoms with Gasteiger partial charge in [0, 0.05) is 22.2 Å². The lowest BCUT2D eigenvalue weighted by atomic mass is 9.81. The molecule has 0 unspecified atom stereocenters. The highest BCUT2D eigenvalue weighted by Gasteiger charge is 2.40. The largest absolute Gasteiger partial charge is 0.411 e. The number of amides is 1. The highest BCUT2D eigenvalue weighted by molar-refractivity contribution is 6.34. The average molecular weight is 539 g/mol. The summed E-state index contributed by atoms with van der Waals surface area (Å²) in [5.41, 5.74) is 5.60. The van der Waals surface area contributed by atoms with E-state index in [0.717, 1.165) is 39.0 Å². The third kappa shape index (κ3) is 4.36. The quantitative estimate of drug-likeness (QED) is 0.174. The molecule has 2 N–H and O–H groups in total. The zero-order valence-electron chi connectivity index (χ0n) is 21.6. The molecule has 1 amide bonds. The van der Waals surface area contributed by atoms with Crippen molar-refractivity contribution in [2.75, 3.05) is 0 Å². The fourth-order valence-electron chi connectivity index (χ4n) is 5.63. The molecule has 196 valence electrons. The minimum Gasteiger partial charge on any atom is -0.411 e. The van der Waals surface area contributed by atoms with E-state index in [0.29, 0.717) is 35.8 Å². The predicted octanol–water partition coefficient (Wildman–Crippen LogP) is 5.57. The molecule has 0 spiro atoms. The van der Waals surface area contributed by atoms with Gasteiger partial charge in [-0.1, -0.05) is 58.7 Å². The maximum absolute atomic E-state index is 13.8. The van der Waals surface area contributed by atoms with Crippen molar-refractivity contribution >= 4 is 34.6 Å². The molecule has 0 saturated carbocycles. The molecule has 9 heteroatoms. The Labute approximate surface area is 230 Å². The molecule has 1 aliphatic rings. The number of carbonyl (C=O) groups excluding carboxylic acids is 1. The maximum atomic E-state index is 13.8. The first-order valence-corrected chi connectivity index (χ1v) is 13.1. The van der Waals surface area contributed by atoms with Gasteiger partial charge in [0.15, 0.2) is 0 Å². The molecule has 0 fully saturated rings. The number of carbonyl (C=O) groups is 1. The number of oxime groups is 1. The second-order valence-corrected chi connectivity index (χ2v) is 10.4. The minimum absolute atomic E-state index is 0.252. The molecule has 0 radical (unpaired) electrons. The van der Waals surface area contributed by atoms with Gasteiger partial charge in [0.1, 0.15) is 12.2 Å². The van der Waals surface area contributed by atoms with Gasteiger partial charge in [0.25, 0.3) is 5.91 Å². The fourth-order valence-corrected chi connectivity index (χ4v) is 5.89. The van der Waals surface area contributed by atoms with Crippen molar-refractivity contribution in [1.29, 1.82) is 0 Å². The lowest BCUT2D eigenvalue weighted by Crippen LogP contribution is -2.51. The van der Waals surface area contributed by atoms with Crippen LogP contribution in [0.15, 0.2) is 78.2 Å². The summed E-state index contributed by atoms with van der Waals surface area (Å²) in [7, 11) is 0. The third-order valence-corrected chi connectivity index (χ3v) is 7.83. The smallest absolute Gasteiger partial charge is 0.253 e. The number of halogens is 1. The van der Waals surface area contributed by atoms with Crippen molar-refractivity contribution in [1.82, 2.24) is 24.6 Å². The second-order valence-electron chi connectivity index (χ2n) is 10.0. The molecule has 1 atom stereocenters. The Hall–Kier alpha value is -4.43. The Morgan fingerprint density at radius 2 is 1.95 bits per heavy atom. The van der Waals surface area contributed by atoms with E-state index in [1.165, 1.54) is 6.21 Å². The molecule has 3 aromatic carbocycles. The number of hydrogen-bond acceptors (Lipinski definition) is 5. The van der Waals surface area contributed by atoms with Crippen LogP contribution in [0.2, 0.25) is 5.02 Å². The van der Waals surface area contributed by atoms with Gasteiger partial charge in [-0.25, -0.2) is 9.67 Å². The van der Waals surface area contributed by atoms with Crippen molar-refractivity contribution < 1.29 is 10.0 Å². The molecule has 2 aromatic heterocycles. The summed E-state index contributed by atoms with van der Waals surface area (Å²) >= 11 is 6.64. The van der Waals surface area contributed by atoms with Gasteiger partial charge in [-0.15, -0.1) is 0 Å². The van der Waals surface area contributed by atoms with Gasteiger partial charge in [0.05, 0.1) is 34.6 Å². The summed E-state index contributed by atoms with van der Waals surface area (Å²) in [5.74, 6) is 0.397. The topological polar surface area (TPSA) is 97.3 Å². The number of nitrogens with zero attached hydrogens (tertiary/aromatic N) is 5. The number of hydrogen-bond donors (Lipinski definition) is 2. The Bertz CT molecular complexity index is 1740. The number of benzene rings is 3. The lowest BCUT2D eigenvalue weighted by Gasteiger charge is -2.40. The normalized spacial score (nSPS) is 17.0. The molecule has 3 heterocycles. The average Bonchev–Trinajstić information content (AvgIpc) is 3.50. The lowest BCUT2D eigenvalue weighted by molar-refractivity contribution is 0.0868. The van der Waals surface area contributed by atoms with E-state index in [9.17, 15) is 10.0 Å². The van der Waals surface area contributed by atoms with Crippen LogP contribution in [0.3, 0.4) is 0 Å². The molecule has 0 aliphatic carbocycles. The van der Waals surface area contributed by atoms with E-state index in [-0.39, 0.29) is 5.91 Å². The highest BCUT2D eigenvalue weighted by Crippen LogP contribution is 2.39.